The van der Waals surface area contributed by atoms with E-state index >= 15 is 0 Å². The quantitative estimate of drug-likeness (QED) is 0.295. The highest BCUT2D eigenvalue weighted by molar-refractivity contribution is 5.80. The lowest BCUT2D eigenvalue weighted by molar-refractivity contribution is -0.177. The smallest absolute Gasteiger partial charge is 0.347 e. The van der Waals surface area contributed by atoms with Crippen molar-refractivity contribution in [2.75, 3.05) is 13.2 Å². The molecule has 0 radical (unpaired) electrons. The predicted octanol–water partition coefficient (Wildman–Crippen LogP) is -3.31. The Bertz CT molecular complexity index is 227. The van der Waals surface area contributed by atoms with Crippen molar-refractivity contribution in [3.63, 3.8) is 0 Å². The minimum atomic E-state index is -2.05. The number of aliphatic hydroxyl groups is 4. The number of carbonyl (C=O) groups excluding carboxylic acids is 1. The molecular formula is C7H12O8. The van der Waals surface area contributed by atoms with Crippen LogP contribution < -0.4 is 0 Å². The molecule has 0 heterocycles. The Morgan fingerprint density at radius 3 is 2.00 bits per heavy atom. The van der Waals surface area contributed by atoms with Gasteiger partial charge in [-0.25, -0.2) is 9.59 Å². The summed E-state index contributed by atoms with van der Waals surface area (Å²) in [5.41, 5.74) is 0. The van der Waals surface area contributed by atoms with Crippen LogP contribution in [0.3, 0.4) is 0 Å². The molecule has 0 aromatic carbocycles. The third-order valence-electron chi connectivity index (χ3n) is 1.49. The van der Waals surface area contributed by atoms with Crippen LogP contribution in [0.15, 0.2) is 0 Å². The van der Waals surface area contributed by atoms with E-state index in [-0.39, 0.29) is 0 Å². The topological polar surface area (TPSA) is 145 Å². The minimum Gasteiger partial charge on any atom is -0.478 e. The van der Waals surface area contributed by atoms with Gasteiger partial charge in [-0.1, -0.05) is 0 Å². The summed E-state index contributed by atoms with van der Waals surface area (Å²) in [4.78, 5) is 21.2. The van der Waals surface area contributed by atoms with Crippen LogP contribution in [0.5, 0.6) is 0 Å². The molecule has 0 aromatic heterocycles. The first-order valence-electron chi connectivity index (χ1n) is 3.95. The highest BCUT2D eigenvalue weighted by Crippen LogP contribution is 2.00. The number of aliphatic carboxylic acids is 1. The Labute approximate surface area is 84.3 Å². The fourth-order valence-corrected chi connectivity index (χ4v) is 0.633. The van der Waals surface area contributed by atoms with E-state index in [1.807, 2.05) is 0 Å². The molecule has 0 aromatic rings. The fraction of sp³-hybridized carbons (Fsp3) is 0.714. The standard InChI is InChI=1S/C7H12O8/c8-1-3(10)5(11)7(14)15-4(2-9)6(12)13/h3-5,8-11H,1-2H2,(H,12,13)/t3-,4?,5+/m1/s1. The van der Waals surface area contributed by atoms with Crippen LogP contribution in [-0.4, -0.2) is 69.0 Å². The third kappa shape index (κ3) is 4.21. The molecule has 0 aliphatic rings. The zero-order valence-corrected chi connectivity index (χ0v) is 7.61. The molecule has 0 fully saturated rings. The predicted molar refractivity (Wildman–Crippen MR) is 43.7 cm³/mol. The molecule has 0 aliphatic carbocycles. The summed E-state index contributed by atoms with van der Waals surface area (Å²) >= 11 is 0. The summed E-state index contributed by atoms with van der Waals surface area (Å²) in [6.07, 6.45) is -5.62. The van der Waals surface area contributed by atoms with Crippen molar-refractivity contribution in [1.29, 1.82) is 0 Å². The van der Waals surface area contributed by atoms with Gasteiger partial charge >= 0.3 is 11.9 Å². The monoisotopic (exact) mass is 224 g/mol. The average molecular weight is 224 g/mol. The second kappa shape index (κ2) is 6.30. The van der Waals surface area contributed by atoms with Crippen molar-refractivity contribution in [3.8, 4) is 0 Å². The maximum atomic E-state index is 10.9. The van der Waals surface area contributed by atoms with Gasteiger partial charge in [0.1, 0.15) is 6.10 Å². The first kappa shape index (κ1) is 13.8. The van der Waals surface area contributed by atoms with E-state index in [9.17, 15) is 9.59 Å². The van der Waals surface area contributed by atoms with Crippen LogP contribution in [-0.2, 0) is 14.3 Å². The molecule has 8 heteroatoms. The number of esters is 1. The van der Waals surface area contributed by atoms with E-state index in [0.717, 1.165) is 0 Å². The van der Waals surface area contributed by atoms with Crippen LogP contribution in [0.4, 0.5) is 0 Å². The molecule has 0 amide bonds. The third-order valence-corrected chi connectivity index (χ3v) is 1.49. The van der Waals surface area contributed by atoms with E-state index in [4.69, 9.17) is 25.5 Å². The van der Waals surface area contributed by atoms with Gasteiger partial charge in [-0.2, -0.15) is 0 Å². The van der Waals surface area contributed by atoms with Gasteiger partial charge in [0.2, 0.25) is 6.10 Å². The largest absolute Gasteiger partial charge is 0.478 e. The highest BCUT2D eigenvalue weighted by Gasteiger charge is 2.29. The summed E-state index contributed by atoms with van der Waals surface area (Å²) in [6, 6.07) is 0. The Morgan fingerprint density at radius 2 is 1.67 bits per heavy atom. The van der Waals surface area contributed by atoms with Crippen molar-refractivity contribution in [2.24, 2.45) is 0 Å². The number of rotatable bonds is 6. The van der Waals surface area contributed by atoms with Crippen molar-refractivity contribution in [2.45, 2.75) is 18.3 Å². The highest BCUT2D eigenvalue weighted by atomic mass is 16.6. The van der Waals surface area contributed by atoms with E-state index in [1.54, 1.807) is 0 Å². The summed E-state index contributed by atoms with van der Waals surface area (Å²) in [5, 5.41) is 43.0. The summed E-state index contributed by atoms with van der Waals surface area (Å²) in [7, 11) is 0. The van der Waals surface area contributed by atoms with Gasteiger partial charge in [-0.15, -0.1) is 0 Å². The van der Waals surface area contributed by atoms with Gasteiger partial charge < -0.3 is 30.3 Å². The molecule has 15 heavy (non-hydrogen) atoms. The second-order valence-electron chi connectivity index (χ2n) is 2.64. The Kier molecular flexibility index (Phi) is 5.79. The molecule has 3 atom stereocenters. The van der Waals surface area contributed by atoms with Crippen LogP contribution in [0.2, 0.25) is 0 Å². The maximum Gasteiger partial charge on any atom is 0.347 e. The number of aliphatic hydroxyl groups excluding tert-OH is 4. The molecule has 88 valence electrons. The minimum absolute atomic E-state index is 0.882. The Morgan fingerprint density at radius 1 is 1.13 bits per heavy atom. The van der Waals surface area contributed by atoms with E-state index in [1.165, 1.54) is 0 Å². The van der Waals surface area contributed by atoms with Crippen LogP contribution >= 0.6 is 0 Å². The van der Waals surface area contributed by atoms with Crippen LogP contribution in [0.1, 0.15) is 0 Å². The first-order chi connectivity index (χ1) is 6.93. The zero-order valence-electron chi connectivity index (χ0n) is 7.61. The van der Waals surface area contributed by atoms with E-state index in [0.29, 0.717) is 0 Å². The van der Waals surface area contributed by atoms with Gasteiger partial charge in [0.15, 0.2) is 6.10 Å². The van der Waals surface area contributed by atoms with Crippen molar-refractivity contribution >= 4 is 11.9 Å². The van der Waals surface area contributed by atoms with Crippen LogP contribution in [0, 0.1) is 0 Å². The summed E-state index contributed by atoms with van der Waals surface area (Å²) < 4.78 is 4.14. The fourth-order valence-electron chi connectivity index (χ4n) is 0.633. The molecule has 0 rings (SSSR count). The van der Waals surface area contributed by atoms with Crippen molar-refractivity contribution in [3.05, 3.63) is 0 Å². The molecule has 0 saturated carbocycles. The Hall–Kier alpha value is -1.22. The van der Waals surface area contributed by atoms with Crippen molar-refractivity contribution in [1.82, 2.24) is 0 Å². The van der Waals surface area contributed by atoms with E-state index in [2.05, 4.69) is 4.74 Å². The number of ether oxygens (including phenoxy) is 1. The molecular weight excluding hydrogens is 212 g/mol. The summed E-state index contributed by atoms with van der Waals surface area (Å²) in [5.74, 6) is -3.02. The van der Waals surface area contributed by atoms with Crippen LogP contribution in [0.25, 0.3) is 0 Å². The summed E-state index contributed by atoms with van der Waals surface area (Å²) in [6.45, 7) is -1.84. The van der Waals surface area contributed by atoms with Gasteiger partial charge in [-0.3, -0.25) is 0 Å². The molecule has 5 N–H and O–H groups in total. The lowest BCUT2D eigenvalue weighted by Gasteiger charge is -2.17. The number of carboxylic acids is 1. The van der Waals surface area contributed by atoms with Gasteiger partial charge in [0, 0.05) is 0 Å². The second-order valence-corrected chi connectivity index (χ2v) is 2.64. The molecule has 0 bridgehead atoms. The van der Waals surface area contributed by atoms with Gasteiger partial charge in [0.25, 0.3) is 0 Å². The lowest BCUT2D eigenvalue weighted by Crippen LogP contribution is -2.41. The number of carboxylic acid groups (broad SMARTS) is 1. The van der Waals surface area contributed by atoms with Gasteiger partial charge in [-0.05, 0) is 0 Å². The molecule has 0 spiro atoms. The molecule has 1 unspecified atom stereocenters. The first-order valence-corrected chi connectivity index (χ1v) is 3.95. The zero-order chi connectivity index (χ0) is 12.0. The average Bonchev–Trinajstić information content (AvgIpc) is 2.22. The molecule has 8 nitrogen and oxygen atoms in total. The Balaban J connectivity index is 4.28. The number of carbonyl (C=O) groups is 2. The SMILES string of the molecule is O=C(O)C(CO)OC(=O)[C@@H](O)[C@H](O)CO. The lowest BCUT2D eigenvalue weighted by atomic mass is 10.2. The molecule has 0 saturated heterocycles. The number of hydrogen-bond donors (Lipinski definition) is 5. The number of hydrogen-bond acceptors (Lipinski definition) is 7. The maximum absolute atomic E-state index is 10.9. The molecule has 0 aliphatic heterocycles. The normalized spacial score (nSPS) is 16.5. The van der Waals surface area contributed by atoms with Crippen molar-refractivity contribution < 1.29 is 39.9 Å². The van der Waals surface area contributed by atoms with Gasteiger partial charge in [0.05, 0.1) is 13.2 Å². The van der Waals surface area contributed by atoms with E-state index < -0.39 is 43.5 Å².